The van der Waals surface area contributed by atoms with Crippen molar-refractivity contribution in [2.24, 2.45) is 0 Å². The molecule has 0 amide bonds. The lowest BCUT2D eigenvalue weighted by Gasteiger charge is -2.00. The molecule has 0 saturated heterocycles. The first-order valence-electron chi connectivity index (χ1n) is 4.36. The molecule has 1 aromatic carbocycles. The quantitative estimate of drug-likeness (QED) is 0.672. The highest BCUT2D eigenvalue weighted by Crippen LogP contribution is 2.09. The number of aldehydes is 1. The number of benzene rings is 1. The Hall–Kier alpha value is -1.90. The number of carbonyl (C=O) groups excluding carboxylic acids is 1. The van der Waals surface area contributed by atoms with Crippen LogP contribution in [0.2, 0.25) is 0 Å². The van der Waals surface area contributed by atoms with Crippen LogP contribution >= 0.6 is 0 Å². The second-order valence-electron chi connectivity index (χ2n) is 3.13. The van der Waals surface area contributed by atoms with Gasteiger partial charge in [0.15, 0.2) is 0 Å². The third-order valence-corrected chi connectivity index (χ3v) is 2.04. The van der Waals surface area contributed by atoms with Crippen LogP contribution in [0.1, 0.15) is 16.1 Å². The van der Waals surface area contributed by atoms with Gasteiger partial charge < -0.3 is 4.57 Å². The van der Waals surface area contributed by atoms with E-state index in [1.807, 2.05) is 29.8 Å². The van der Waals surface area contributed by atoms with E-state index in [4.69, 9.17) is 0 Å². The standard InChI is InChI=1S/C11H10N2O/c1-9-6-13(8-12-9)11-4-2-10(7-14)3-5-11/h2-8H,1H3. The molecule has 2 aromatic rings. The minimum Gasteiger partial charge on any atom is -0.306 e. The summed E-state index contributed by atoms with van der Waals surface area (Å²) >= 11 is 0. The molecule has 3 heteroatoms. The summed E-state index contributed by atoms with van der Waals surface area (Å²) in [6.07, 6.45) is 4.53. The fourth-order valence-electron chi connectivity index (χ4n) is 1.29. The Labute approximate surface area is 82.0 Å². The van der Waals surface area contributed by atoms with Crippen molar-refractivity contribution in [1.82, 2.24) is 9.55 Å². The number of imidazole rings is 1. The van der Waals surface area contributed by atoms with E-state index in [1.54, 1.807) is 18.5 Å². The number of aryl methyl sites for hydroxylation is 1. The van der Waals surface area contributed by atoms with E-state index in [1.165, 1.54) is 0 Å². The number of hydrogen-bond donors (Lipinski definition) is 0. The molecule has 0 atom stereocenters. The van der Waals surface area contributed by atoms with Gasteiger partial charge in [0.25, 0.3) is 0 Å². The highest BCUT2D eigenvalue weighted by molar-refractivity contribution is 5.75. The molecule has 0 N–H and O–H groups in total. The second kappa shape index (κ2) is 3.46. The summed E-state index contributed by atoms with van der Waals surface area (Å²) < 4.78 is 1.92. The minimum atomic E-state index is 0.686. The van der Waals surface area contributed by atoms with Crippen LogP contribution in [0.3, 0.4) is 0 Å². The van der Waals surface area contributed by atoms with Crippen molar-refractivity contribution in [3.05, 3.63) is 48.0 Å². The van der Waals surface area contributed by atoms with Crippen LogP contribution in [-0.4, -0.2) is 15.8 Å². The summed E-state index contributed by atoms with van der Waals surface area (Å²) in [7, 11) is 0. The molecule has 0 saturated carbocycles. The topological polar surface area (TPSA) is 34.9 Å². The Kier molecular flexibility index (Phi) is 2.14. The zero-order valence-corrected chi connectivity index (χ0v) is 7.84. The van der Waals surface area contributed by atoms with Crippen LogP contribution in [0.25, 0.3) is 5.69 Å². The van der Waals surface area contributed by atoms with Crippen molar-refractivity contribution in [3.63, 3.8) is 0 Å². The third kappa shape index (κ3) is 1.57. The molecule has 1 aromatic heterocycles. The van der Waals surface area contributed by atoms with Crippen LogP contribution in [0.15, 0.2) is 36.8 Å². The van der Waals surface area contributed by atoms with Gasteiger partial charge in [-0.2, -0.15) is 0 Å². The number of carbonyl (C=O) groups is 1. The summed E-state index contributed by atoms with van der Waals surface area (Å²) in [4.78, 5) is 14.6. The lowest BCUT2D eigenvalue weighted by molar-refractivity contribution is 0.112. The molecule has 0 aliphatic heterocycles. The maximum Gasteiger partial charge on any atom is 0.150 e. The Bertz CT molecular complexity index is 443. The molecule has 0 unspecified atom stereocenters. The van der Waals surface area contributed by atoms with Gasteiger partial charge in [0.1, 0.15) is 6.29 Å². The van der Waals surface area contributed by atoms with E-state index in [0.717, 1.165) is 17.7 Å². The first-order valence-corrected chi connectivity index (χ1v) is 4.36. The van der Waals surface area contributed by atoms with Crippen molar-refractivity contribution in [1.29, 1.82) is 0 Å². The first-order chi connectivity index (χ1) is 6.79. The summed E-state index contributed by atoms with van der Waals surface area (Å²) in [5.74, 6) is 0. The summed E-state index contributed by atoms with van der Waals surface area (Å²) in [5.41, 5.74) is 2.67. The van der Waals surface area contributed by atoms with Crippen molar-refractivity contribution < 1.29 is 4.79 Å². The van der Waals surface area contributed by atoms with Crippen LogP contribution < -0.4 is 0 Å². The van der Waals surface area contributed by atoms with E-state index in [9.17, 15) is 4.79 Å². The van der Waals surface area contributed by atoms with Gasteiger partial charge in [0.05, 0.1) is 12.0 Å². The van der Waals surface area contributed by atoms with Crippen molar-refractivity contribution >= 4 is 6.29 Å². The van der Waals surface area contributed by atoms with Crippen LogP contribution in [0, 0.1) is 6.92 Å². The van der Waals surface area contributed by atoms with E-state index >= 15 is 0 Å². The zero-order valence-electron chi connectivity index (χ0n) is 7.84. The molecule has 3 nitrogen and oxygen atoms in total. The molecule has 0 spiro atoms. The predicted octanol–water partition coefficient (Wildman–Crippen LogP) is 1.99. The number of hydrogen-bond acceptors (Lipinski definition) is 2. The highest BCUT2D eigenvalue weighted by Gasteiger charge is 1.97. The molecule has 0 aliphatic rings. The Morgan fingerprint density at radius 2 is 2.00 bits per heavy atom. The molecular formula is C11H10N2O. The third-order valence-electron chi connectivity index (χ3n) is 2.04. The maximum atomic E-state index is 10.4. The fourth-order valence-corrected chi connectivity index (χ4v) is 1.29. The first kappa shape index (κ1) is 8.69. The molecule has 14 heavy (non-hydrogen) atoms. The summed E-state index contributed by atoms with van der Waals surface area (Å²) in [6, 6.07) is 7.37. The summed E-state index contributed by atoms with van der Waals surface area (Å²) in [6.45, 7) is 1.94. The SMILES string of the molecule is Cc1cn(-c2ccc(C=O)cc2)cn1. The molecular weight excluding hydrogens is 176 g/mol. The molecule has 0 radical (unpaired) electrons. The van der Waals surface area contributed by atoms with Crippen LogP contribution in [0.4, 0.5) is 0 Å². The molecule has 2 rings (SSSR count). The van der Waals surface area contributed by atoms with Gasteiger partial charge in [-0.1, -0.05) is 0 Å². The minimum absolute atomic E-state index is 0.686. The molecule has 0 bridgehead atoms. The highest BCUT2D eigenvalue weighted by atomic mass is 16.1. The second-order valence-corrected chi connectivity index (χ2v) is 3.13. The van der Waals surface area contributed by atoms with E-state index in [0.29, 0.717) is 5.56 Å². The van der Waals surface area contributed by atoms with Gasteiger partial charge in [-0.25, -0.2) is 4.98 Å². The normalized spacial score (nSPS) is 10.1. The van der Waals surface area contributed by atoms with E-state index in [-0.39, 0.29) is 0 Å². The zero-order chi connectivity index (χ0) is 9.97. The summed E-state index contributed by atoms with van der Waals surface area (Å²) in [5, 5.41) is 0. The molecule has 0 aliphatic carbocycles. The van der Waals surface area contributed by atoms with Gasteiger partial charge >= 0.3 is 0 Å². The van der Waals surface area contributed by atoms with Gasteiger partial charge in [-0.3, -0.25) is 4.79 Å². The van der Waals surface area contributed by atoms with Gasteiger partial charge in [0.2, 0.25) is 0 Å². The van der Waals surface area contributed by atoms with Gasteiger partial charge in [-0.15, -0.1) is 0 Å². The Morgan fingerprint density at radius 3 is 2.50 bits per heavy atom. The Morgan fingerprint density at radius 1 is 1.29 bits per heavy atom. The van der Waals surface area contributed by atoms with E-state index in [2.05, 4.69) is 4.98 Å². The molecule has 1 heterocycles. The number of nitrogens with zero attached hydrogens (tertiary/aromatic N) is 2. The largest absolute Gasteiger partial charge is 0.306 e. The van der Waals surface area contributed by atoms with Crippen molar-refractivity contribution in [2.45, 2.75) is 6.92 Å². The number of aromatic nitrogens is 2. The monoisotopic (exact) mass is 186 g/mol. The molecule has 0 fully saturated rings. The maximum absolute atomic E-state index is 10.4. The fraction of sp³-hybridized carbons (Fsp3) is 0.0909. The van der Waals surface area contributed by atoms with Gasteiger partial charge in [0, 0.05) is 17.4 Å². The average molecular weight is 186 g/mol. The van der Waals surface area contributed by atoms with Crippen molar-refractivity contribution in [2.75, 3.05) is 0 Å². The van der Waals surface area contributed by atoms with Crippen LogP contribution in [-0.2, 0) is 0 Å². The van der Waals surface area contributed by atoms with E-state index < -0.39 is 0 Å². The molecule has 70 valence electrons. The predicted molar refractivity (Wildman–Crippen MR) is 53.7 cm³/mol. The lowest BCUT2D eigenvalue weighted by Crippen LogP contribution is -1.89. The lowest BCUT2D eigenvalue weighted by atomic mass is 10.2. The van der Waals surface area contributed by atoms with Crippen LogP contribution in [0.5, 0.6) is 0 Å². The van der Waals surface area contributed by atoms with Gasteiger partial charge in [-0.05, 0) is 31.2 Å². The van der Waals surface area contributed by atoms with Crippen molar-refractivity contribution in [3.8, 4) is 5.69 Å². The smallest absolute Gasteiger partial charge is 0.150 e. The number of rotatable bonds is 2. The Balaban J connectivity index is 2.38. The average Bonchev–Trinajstić information content (AvgIpc) is 2.65.